The number of nitrogens with zero attached hydrogens (tertiary/aromatic N) is 1. The third kappa shape index (κ3) is 4.41. The third-order valence-corrected chi connectivity index (χ3v) is 5.60. The van der Waals surface area contributed by atoms with Gasteiger partial charge in [-0.1, -0.05) is 0 Å². The Labute approximate surface area is 126 Å². The summed E-state index contributed by atoms with van der Waals surface area (Å²) >= 11 is 0. The maximum atomic E-state index is 12.2. The van der Waals surface area contributed by atoms with Gasteiger partial charge in [0.1, 0.15) is 5.54 Å². The molecule has 1 fully saturated rings. The molecule has 0 aromatic carbocycles. The Bertz CT molecular complexity index is 493. The molecule has 0 radical (unpaired) electrons. The van der Waals surface area contributed by atoms with Crippen molar-refractivity contribution in [2.75, 3.05) is 26.0 Å². The number of sulfonamides is 1. The van der Waals surface area contributed by atoms with Gasteiger partial charge >= 0.3 is 5.97 Å². The first kappa shape index (κ1) is 17.9. The first-order valence-corrected chi connectivity index (χ1v) is 8.63. The Hall–Kier alpha value is -1.15. The minimum absolute atomic E-state index is 0.0687. The topological polar surface area (TPSA) is 92.8 Å². The minimum atomic E-state index is -3.20. The average Bonchev–Trinajstić information content (AvgIpc) is 2.45. The van der Waals surface area contributed by atoms with Crippen LogP contribution in [-0.4, -0.2) is 56.1 Å². The van der Waals surface area contributed by atoms with E-state index in [9.17, 15) is 18.0 Å². The van der Waals surface area contributed by atoms with E-state index in [-0.39, 0.29) is 17.6 Å². The Kier molecular flexibility index (Phi) is 5.75. The number of hydrogen-bond donors (Lipinski definition) is 1. The van der Waals surface area contributed by atoms with Crippen LogP contribution in [0, 0.1) is 5.92 Å². The van der Waals surface area contributed by atoms with Gasteiger partial charge in [0.05, 0.1) is 12.9 Å². The van der Waals surface area contributed by atoms with E-state index in [0.29, 0.717) is 25.9 Å². The van der Waals surface area contributed by atoms with Crippen LogP contribution in [0.4, 0.5) is 0 Å². The largest absolute Gasteiger partial charge is 0.467 e. The number of esters is 1. The van der Waals surface area contributed by atoms with Crippen molar-refractivity contribution in [3.05, 3.63) is 0 Å². The van der Waals surface area contributed by atoms with E-state index < -0.39 is 21.5 Å². The molecule has 122 valence electrons. The van der Waals surface area contributed by atoms with Crippen molar-refractivity contribution in [2.24, 2.45) is 5.92 Å². The van der Waals surface area contributed by atoms with Crippen molar-refractivity contribution in [1.82, 2.24) is 9.62 Å². The zero-order chi connectivity index (χ0) is 16.3. The van der Waals surface area contributed by atoms with Crippen LogP contribution in [0.3, 0.4) is 0 Å². The van der Waals surface area contributed by atoms with Crippen molar-refractivity contribution in [3.8, 4) is 0 Å². The number of hydrogen-bond acceptors (Lipinski definition) is 5. The molecule has 1 rings (SSSR count). The molecule has 21 heavy (non-hydrogen) atoms. The molecule has 1 aliphatic rings. The van der Waals surface area contributed by atoms with Gasteiger partial charge in [-0.2, -0.15) is 0 Å². The normalized spacial score (nSPS) is 18.3. The molecule has 1 N–H and O–H groups in total. The maximum absolute atomic E-state index is 12.2. The van der Waals surface area contributed by atoms with Crippen LogP contribution in [0.15, 0.2) is 0 Å². The number of rotatable bonds is 5. The lowest BCUT2D eigenvalue weighted by molar-refractivity contribution is -0.150. The lowest BCUT2D eigenvalue weighted by Crippen LogP contribution is -2.53. The standard InChI is InChI=1S/C13H24N2O5S/c1-5-21(18,19)15-8-6-10(7-9-15)11(16)14-13(2,3)12(17)20-4/h10H,5-9H2,1-4H3,(H,14,16). The van der Waals surface area contributed by atoms with E-state index in [1.807, 2.05) is 0 Å². The summed E-state index contributed by atoms with van der Waals surface area (Å²) in [5.41, 5.74) is -1.08. The van der Waals surface area contributed by atoms with Crippen LogP contribution in [-0.2, 0) is 24.3 Å². The Morgan fingerprint density at radius 2 is 1.81 bits per heavy atom. The monoisotopic (exact) mass is 320 g/mol. The van der Waals surface area contributed by atoms with E-state index in [1.165, 1.54) is 11.4 Å². The van der Waals surface area contributed by atoms with Crippen molar-refractivity contribution in [1.29, 1.82) is 0 Å². The number of carbonyl (C=O) groups is 2. The number of methoxy groups -OCH3 is 1. The number of carbonyl (C=O) groups excluding carboxylic acids is 2. The lowest BCUT2D eigenvalue weighted by Gasteiger charge is -2.32. The predicted octanol–water partition coefficient (Wildman–Crippen LogP) is 0.116. The molecule has 0 saturated carbocycles. The molecule has 0 unspecified atom stereocenters. The van der Waals surface area contributed by atoms with Gasteiger partial charge in [-0.15, -0.1) is 0 Å². The summed E-state index contributed by atoms with van der Waals surface area (Å²) in [6.07, 6.45) is 0.921. The highest BCUT2D eigenvalue weighted by Crippen LogP contribution is 2.21. The summed E-state index contributed by atoms with van der Waals surface area (Å²) in [5, 5.41) is 2.66. The van der Waals surface area contributed by atoms with Crippen LogP contribution in [0.5, 0.6) is 0 Å². The van der Waals surface area contributed by atoms with E-state index in [4.69, 9.17) is 0 Å². The fourth-order valence-corrected chi connectivity index (χ4v) is 3.43. The van der Waals surface area contributed by atoms with Crippen LogP contribution in [0.25, 0.3) is 0 Å². The van der Waals surface area contributed by atoms with Gasteiger partial charge in [0.25, 0.3) is 0 Å². The van der Waals surface area contributed by atoms with Crippen LogP contribution in [0.1, 0.15) is 33.6 Å². The molecule has 0 aromatic heterocycles. The highest BCUT2D eigenvalue weighted by atomic mass is 32.2. The van der Waals surface area contributed by atoms with Crippen molar-refractivity contribution < 1.29 is 22.7 Å². The molecular formula is C13H24N2O5S. The predicted molar refractivity (Wildman–Crippen MR) is 78.0 cm³/mol. The zero-order valence-corrected chi connectivity index (χ0v) is 13.8. The quantitative estimate of drug-likeness (QED) is 0.726. The Morgan fingerprint density at radius 3 is 2.24 bits per heavy atom. The SMILES string of the molecule is CCS(=O)(=O)N1CCC(C(=O)NC(C)(C)C(=O)OC)CC1. The van der Waals surface area contributed by atoms with E-state index in [2.05, 4.69) is 10.1 Å². The van der Waals surface area contributed by atoms with Gasteiger partial charge in [0, 0.05) is 19.0 Å². The second-order valence-electron chi connectivity index (χ2n) is 5.68. The molecule has 1 amide bonds. The average molecular weight is 320 g/mol. The smallest absolute Gasteiger partial charge is 0.330 e. The summed E-state index contributed by atoms with van der Waals surface area (Å²) < 4.78 is 29.6. The van der Waals surface area contributed by atoms with E-state index in [1.54, 1.807) is 20.8 Å². The summed E-state index contributed by atoms with van der Waals surface area (Å²) in [7, 11) is -1.93. The van der Waals surface area contributed by atoms with Crippen molar-refractivity contribution in [3.63, 3.8) is 0 Å². The first-order valence-electron chi connectivity index (χ1n) is 7.02. The molecule has 0 aromatic rings. The Morgan fingerprint density at radius 1 is 1.29 bits per heavy atom. The second kappa shape index (κ2) is 6.74. The summed E-state index contributed by atoms with van der Waals surface area (Å²) in [6, 6.07) is 0. The van der Waals surface area contributed by atoms with Gasteiger partial charge in [0.2, 0.25) is 15.9 Å². The summed E-state index contributed by atoms with van der Waals surface area (Å²) in [4.78, 5) is 23.7. The molecule has 8 heteroatoms. The Balaban J connectivity index is 2.59. The van der Waals surface area contributed by atoms with Crippen LogP contribution >= 0.6 is 0 Å². The second-order valence-corrected chi connectivity index (χ2v) is 7.94. The van der Waals surface area contributed by atoms with Crippen molar-refractivity contribution in [2.45, 2.75) is 39.2 Å². The number of piperidine rings is 1. The highest BCUT2D eigenvalue weighted by molar-refractivity contribution is 7.89. The number of ether oxygens (including phenoxy) is 1. The molecule has 1 aliphatic heterocycles. The molecule has 0 aliphatic carbocycles. The van der Waals surface area contributed by atoms with Gasteiger partial charge in [-0.3, -0.25) is 4.79 Å². The zero-order valence-electron chi connectivity index (χ0n) is 13.0. The first-order chi connectivity index (χ1) is 9.64. The number of amides is 1. The van der Waals surface area contributed by atoms with Crippen molar-refractivity contribution >= 4 is 21.9 Å². The minimum Gasteiger partial charge on any atom is -0.467 e. The summed E-state index contributed by atoms with van der Waals surface area (Å²) in [6.45, 7) is 5.44. The lowest BCUT2D eigenvalue weighted by atomic mass is 9.95. The third-order valence-electron chi connectivity index (χ3n) is 3.71. The summed E-state index contributed by atoms with van der Waals surface area (Å²) in [5.74, 6) is -0.961. The van der Waals surface area contributed by atoms with E-state index in [0.717, 1.165) is 0 Å². The van der Waals surface area contributed by atoms with Gasteiger partial charge < -0.3 is 10.1 Å². The molecule has 0 atom stereocenters. The number of nitrogens with one attached hydrogen (secondary N) is 1. The molecule has 7 nitrogen and oxygen atoms in total. The van der Waals surface area contributed by atoms with E-state index >= 15 is 0 Å². The maximum Gasteiger partial charge on any atom is 0.330 e. The van der Waals surface area contributed by atoms with Gasteiger partial charge in [0.15, 0.2) is 0 Å². The molecule has 0 bridgehead atoms. The molecule has 1 heterocycles. The van der Waals surface area contributed by atoms with Crippen LogP contribution < -0.4 is 5.32 Å². The fraction of sp³-hybridized carbons (Fsp3) is 0.846. The molecule has 1 saturated heterocycles. The van der Waals surface area contributed by atoms with Gasteiger partial charge in [-0.25, -0.2) is 17.5 Å². The van der Waals surface area contributed by atoms with Gasteiger partial charge in [-0.05, 0) is 33.6 Å². The molecular weight excluding hydrogens is 296 g/mol. The van der Waals surface area contributed by atoms with Crippen LogP contribution in [0.2, 0.25) is 0 Å². The fourth-order valence-electron chi connectivity index (χ4n) is 2.29. The highest BCUT2D eigenvalue weighted by Gasteiger charge is 2.35. The molecule has 0 spiro atoms.